The first-order valence-electron chi connectivity index (χ1n) is 11.3. The van der Waals surface area contributed by atoms with Crippen molar-refractivity contribution in [3.63, 3.8) is 0 Å². The second kappa shape index (κ2) is 9.32. The number of likely N-dealkylation sites (tertiary alicyclic amines) is 1. The van der Waals surface area contributed by atoms with Crippen LogP contribution in [-0.4, -0.2) is 52.2 Å². The van der Waals surface area contributed by atoms with Crippen LogP contribution in [0.5, 0.6) is 5.75 Å². The van der Waals surface area contributed by atoms with E-state index in [1.807, 2.05) is 59.6 Å². The van der Waals surface area contributed by atoms with Gasteiger partial charge in [-0.1, -0.05) is 30.3 Å². The maximum Gasteiger partial charge on any atom is 0.265 e. The number of piperidine rings is 1. The molecule has 2 aliphatic heterocycles. The molecular formula is C26H26N4O3. The Labute approximate surface area is 192 Å². The van der Waals surface area contributed by atoms with Gasteiger partial charge in [0, 0.05) is 30.9 Å². The van der Waals surface area contributed by atoms with Crippen molar-refractivity contribution in [1.82, 2.24) is 14.7 Å². The molecule has 3 heterocycles. The Balaban J connectivity index is 1.34. The zero-order valence-electron chi connectivity index (χ0n) is 18.3. The number of hydrogen-bond donors (Lipinski definition) is 0. The van der Waals surface area contributed by atoms with Crippen molar-refractivity contribution in [3.05, 3.63) is 78.6 Å². The van der Waals surface area contributed by atoms with Gasteiger partial charge < -0.3 is 14.5 Å². The summed E-state index contributed by atoms with van der Waals surface area (Å²) in [6, 6.07) is 17.2. The molecule has 0 bridgehead atoms. The molecule has 1 unspecified atom stereocenters. The lowest BCUT2D eigenvalue weighted by molar-refractivity contribution is -0.139. The van der Waals surface area contributed by atoms with Gasteiger partial charge in [-0.25, -0.2) is 4.68 Å². The molecule has 168 valence electrons. The summed E-state index contributed by atoms with van der Waals surface area (Å²) in [5, 5.41) is 4.37. The maximum absolute atomic E-state index is 13.2. The Kier molecular flexibility index (Phi) is 5.93. The summed E-state index contributed by atoms with van der Waals surface area (Å²) in [6.07, 6.45) is 9.33. The van der Waals surface area contributed by atoms with Crippen LogP contribution in [0.25, 0.3) is 11.8 Å². The molecule has 3 aromatic rings. The highest BCUT2D eigenvalue weighted by atomic mass is 16.5. The molecule has 5 rings (SSSR count). The number of rotatable bonds is 4. The highest BCUT2D eigenvalue weighted by molar-refractivity contribution is 6.05. The second-order valence-electron chi connectivity index (χ2n) is 8.30. The Morgan fingerprint density at radius 3 is 2.55 bits per heavy atom. The molecule has 0 aliphatic carbocycles. The summed E-state index contributed by atoms with van der Waals surface area (Å²) in [7, 11) is 0. The number of ether oxygens (including phenoxy) is 1. The van der Waals surface area contributed by atoms with E-state index >= 15 is 0 Å². The summed E-state index contributed by atoms with van der Waals surface area (Å²) in [4.78, 5) is 29.8. The van der Waals surface area contributed by atoms with Crippen LogP contribution in [0.4, 0.5) is 5.69 Å². The monoisotopic (exact) mass is 442 g/mol. The number of nitrogens with zero attached hydrogens (tertiary/aromatic N) is 4. The van der Waals surface area contributed by atoms with Crippen molar-refractivity contribution >= 4 is 23.6 Å². The lowest BCUT2D eigenvalue weighted by Crippen LogP contribution is -2.52. The van der Waals surface area contributed by atoms with Crippen LogP contribution in [-0.2, 0) is 9.59 Å². The van der Waals surface area contributed by atoms with Gasteiger partial charge in [0.2, 0.25) is 0 Å². The smallest absolute Gasteiger partial charge is 0.265 e. The first-order chi connectivity index (χ1) is 16.2. The van der Waals surface area contributed by atoms with E-state index in [2.05, 4.69) is 5.10 Å². The van der Waals surface area contributed by atoms with Gasteiger partial charge in [0.25, 0.3) is 11.8 Å². The van der Waals surface area contributed by atoms with E-state index in [4.69, 9.17) is 4.74 Å². The van der Waals surface area contributed by atoms with E-state index in [9.17, 15) is 9.59 Å². The van der Waals surface area contributed by atoms with Gasteiger partial charge in [0.05, 0.1) is 24.1 Å². The van der Waals surface area contributed by atoms with E-state index in [0.717, 1.165) is 43.6 Å². The molecule has 1 saturated heterocycles. The van der Waals surface area contributed by atoms with Gasteiger partial charge in [-0.05, 0) is 49.6 Å². The minimum absolute atomic E-state index is 0.0462. The number of anilines is 1. The topological polar surface area (TPSA) is 67.7 Å². The van der Waals surface area contributed by atoms with Crippen LogP contribution in [0, 0.1) is 0 Å². The first kappa shape index (κ1) is 21.0. The molecule has 0 radical (unpaired) electrons. The van der Waals surface area contributed by atoms with Crippen molar-refractivity contribution in [3.8, 4) is 11.4 Å². The van der Waals surface area contributed by atoms with Crippen molar-refractivity contribution < 1.29 is 14.3 Å². The second-order valence-corrected chi connectivity index (χ2v) is 8.30. The highest BCUT2D eigenvalue weighted by Crippen LogP contribution is 2.34. The number of amides is 2. The zero-order chi connectivity index (χ0) is 22.6. The molecule has 1 fully saturated rings. The van der Waals surface area contributed by atoms with E-state index in [0.29, 0.717) is 11.4 Å². The van der Waals surface area contributed by atoms with Gasteiger partial charge in [-0.2, -0.15) is 5.10 Å². The fourth-order valence-electron chi connectivity index (χ4n) is 4.29. The highest BCUT2D eigenvalue weighted by Gasteiger charge is 2.35. The summed E-state index contributed by atoms with van der Waals surface area (Å²) in [5.74, 6) is 0.308. The Morgan fingerprint density at radius 1 is 0.970 bits per heavy atom. The number of fused-ring (bicyclic) bond motifs is 1. The predicted molar refractivity (Wildman–Crippen MR) is 126 cm³/mol. The normalized spacial score (nSPS) is 18.1. The van der Waals surface area contributed by atoms with E-state index in [1.54, 1.807) is 27.9 Å². The predicted octanol–water partition coefficient (Wildman–Crippen LogP) is 3.69. The number of para-hydroxylation sites is 3. The SMILES string of the molecule is O=C(C1CN(C(=O)/C=C/c2cnn(-c3ccccc3)c2)c2ccccc2O1)N1CCCCC1. The minimum Gasteiger partial charge on any atom is -0.476 e. The third-order valence-electron chi connectivity index (χ3n) is 6.02. The minimum atomic E-state index is -0.698. The van der Waals surface area contributed by atoms with E-state index < -0.39 is 6.10 Å². The molecular weight excluding hydrogens is 416 g/mol. The van der Waals surface area contributed by atoms with Crippen LogP contribution >= 0.6 is 0 Å². The molecule has 7 nitrogen and oxygen atoms in total. The number of benzene rings is 2. The van der Waals surface area contributed by atoms with Crippen molar-refractivity contribution in [2.45, 2.75) is 25.4 Å². The van der Waals surface area contributed by atoms with Crippen LogP contribution in [0.3, 0.4) is 0 Å². The molecule has 2 aliphatic rings. The fraction of sp³-hybridized carbons (Fsp3) is 0.269. The van der Waals surface area contributed by atoms with Gasteiger partial charge >= 0.3 is 0 Å². The largest absolute Gasteiger partial charge is 0.476 e. The van der Waals surface area contributed by atoms with Crippen LogP contribution in [0.15, 0.2) is 73.1 Å². The molecule has 0 N–H and O–H groups in total. The quantitative estimate of drug-likeness (QED) is 0.578. The Hall–Kier alpha value is -3.87. The Morgan fingerprint density at radius 2 is 1.73 bits per heavy atom. The summed E-state index contributed by atoms with van der Waals surface area (Å²) in [6.45, 7) is 1.69. The molecule has 1 aromatic heterocycles. The van der Waals surface area contributed by atoms with E-state index in [1.165, 1.54) is 6.08 Å². The summed E-state index contributed by atoms with van der Waals surface area (Å²) >= 11 is 0. The van der Waals surface area contributed by atoms with Gasteiger partial charge in [0.15, 0.2) is 6.10 Å². The lowest BCUT2D eigenvalue weighted by atomic mass is 10.1. The van der Waals surface area contributed by atoms with Crippen molar-refractivity contribution in [2.24, 2.45) is 0 Å². The fourth-order valence-corrected chi connectivity index (χ4v) is 4.29. The van der Waals surface area contributed by atoms with Crippen LogP contribution in [0.2, 0.25) is 0 Å². The molecule has 2 aromatic carbocycles. The molecule has 1 atom stereocenters. The van der Waals surface area contributed by atoms with Crippen LogP contribution < -0.4 is 9.64 Å². The average molecular weight is 443 g/mol. The number of carbonyl (C=O) groups excluding carboxylic acids is 2. The van der Waals surface area contributed by atoms with E-state index in [-0.39, 0.29) is 18.4 Å². The summed E-state index contributed by atoms with van der Waals surface area (Å²) < 4.78 is 7.79. The molecule has 0 saturated carbocycles. The van der Waals surface area contributed by atoms with Gasteiger partial charge in [-0.15, -0.1) is 0 Å². The summed E-state index contributed by atoms with van der Waals surface area (Å²) in [5.41, 5.74) is 2.44. The van der Waals surface area contributed by atoms with Crippen molar-refractivity contribution in [1.29, 1.82) is 0 Å². The number of hydrogen-bond acceptors (Lipinski definition) is 4. The van der Waals surface area contributed by atoms with Gasteiger partial charge in [-0.3, -0.25) is 9.59 Å². The zero-order valence-corrected chi connectivity index (χ0v) is 18.3. The van der Waals surface area contributed by atoms with Crippen molar-refractivity contribution in [2.75, 3.05) is 24.5 Å². The molecule has 7 heteroatoms. The molecule has 0 spiro atoms. The average Bonchev–Trinajstić information content (AvgIpc) is 3.36. The third-order valence-corrected chi connectivity index (χ3v) is 6.02. The molecule has 2 amide bonds. The van der Waals surface area contributed by atoms with Crippen LogP contribution in [0.1, 0.15) is 24.8 Å². The Bertz CT molecular complexity index is 1170. The molecule has 33 heavy (non-hydrogen) atoms. The third kappa shape index (κ3) is 4.53. The standard InChI is InChI=1S/C26H26N4O3/c31-25(14-13-20-17-27-30(18-20)21-9-3-1-4-10-21)29-19-24(26(32)28-15-7-2-8-16-28)33-23-12-6-5-11-22(23)29/h1,3-6,9-14,17-18,24H,2,7-8,15-16,19H2/b14-13+. The first-order valence-corrected chi connectivity index (χ1v) is 11.3. The maximum atomic E-state index is 13.2. The lowest BCUT2D eigenvalue weighted by Gasteiger charge is -2.37. The van der Waals surface area contributed by atoms with Gasteiger partial charge in [0.1, 0.15) is 5.75 Å². The number of aromatic nitrogens is 2. The number of carbonyl (C=O) groups is 2.